The second kappa shape index (κ2) is 6.14. The van der Waals surface area contributed by atoms with Gasteiger partial charge in [-0.3, -0.25) is 4.99 Å². The van der Waals surface area contributed by atoms with E-state index in [1.54, 1.807) is 11.3 Å². The summed E-state index contributed by atoms with van der Waals surface area (Å²) in [6.07, 6.45) is 0. The number of aliphatic imine (C=N–C) groups is 1. The summed E-state index contributed by atoms with van der Waals surface area (Å²) in [6.45, 7) is 10.1. The molecule has 0 aromatic carbocycles. The van der Waals surface area contributed by atoms with Gasteiger partial charge in [0.1, 0.15) is 0 Å². The van der Waals surface area contributed by atoms with Crippen molar-refractivity contribution in [3.8, 4) is 0 Å². The quantitative estimate of drug-likeness (QED) is 0.647. The van der Waals surface area contributed by atoms with Crippen LogP contribution in [-0.4, -0.2) is 39.3 Å². The summed E-state index contributed by atoms with van der Waals surface area (Å²) >= 11 is 1.80. The third-order valence-electron chi connectivity index (χ3n) is 3.69. The van der Waals surface area contributed by atoms with Crippen LogP contribution in [0.2, 0.25) is 0 Å². The van der Waals surface area contributed by atoms with Crippen molar-refractivity contribution in [2.75, 3.05) is 33.4 Å². The molecule has 0 aliphatic carbocycles. The zero-order valence-electron chi connectivity index (χ0n) is 12.8. The molecule has 1 fully saturated rings. The van der Waals surface area contributed by atoms with Gasteiger partial charge in [0.2, 0.25) is 0 Å². The van der Waals surface area contributed by atoms with Gasteiger partial charge in [-0.25, -0.2) is 0 Å². The van der Waals surface area contributed by atoms with Crippen molar-refractivity contribution < 1.29 is 4.74 Å². The largest absolute Gasteiger partial charge is 0.380 e. The fraction of sp³-hybridized carbons (Fsp3) is 0.667. The maximum atomic E-state index is 5.27. The number of rotatable bonds is 5. The lowest BCUT2D eigenvalue weighted by Gasteiger charge is -2.38. The van der Waals surface area contributed by atoms with Crippen molar-refractivity contribution in [3.05, 3.63) is 22.4 Å². The van der Waals surface area contributed by atoms with E-state index in [0.717, 1.165) is 32.3 Å². The number of thiophene rings is 1. The Kier molecular flexibility index (Phi) is 4.70. The minimum absolute atomic E-state index is 0.106. The van der Waals surface area contributed by atoms with Gasteiger partial charge >= 0.3 is 0 Å². The van der Waals surface area contributed by atoms with Crippen LogP contribution in [0.4, 0.5) is 0 Å². The Morgan fingerprint density at radius 3 is 2.70 bits per heavy atom. The normalized spacial score (nSPS) is 18.5. The lowest BCUT2D eigenvalue weighted by molar-refractivity contribution is -0.0971. The summed E-state index contributed by atoms with van der Waals surface area (Å²) in [4.78, 5) is 5.68. The zero-order valence-corrected chi connectivity index (χ0v) is 13.6. The third kappa shape index (κ3) is 3.73. The maximum Gasteiger partial charge on any atom is 0.191 e. The first kappa shape index (κ1) is 15.3. The van der Waals surface area contributed by atoms with Crippen molar-refractivity contribution >= 4 is 17.3 Å². The van der Waals surface area contributed by atoms with E-state index < -0.39 is 0 Å². The second-order valence-corrected chi connectivity index (χ2v) is 7.39. The summed E-state index contributed by atoms with van der Waals surface area (Å²) in [5.41, 5.74) is 0.357. The number of nitrogens with zero attached hydrogens (tertiary/aromatic N) is 1. The Balaban J connectivity index is 1.82. The van der Waals surface area contributed by atoms with Gasteiger partial charge in [0.05, 0.1) is 13.2 Å². The molecule has 0 amide bonds. The van der Waals surface area contributed by atoms with Crippen LogP contribution in [0.15, 0.2) is 22.5 Å². The summed E-state index contributed by atoms with van der Waals surface area (Å²) in [5, 5.41) is 8.94. The maximum absolute atomic E-state index is 5.27. The van der Waals surface area contributed by atoms with Gasteiger partial charge in [-0.05, 0) is 11.4 Å². The van der Waals surface area contributed by atoms with Crippen molar-refractivity contribution in [2.24, 2.45) is 10.4 Å². The number of hydrogen-bond acceptors (Lipinski definition) is 3. The average Bonchev–Trinajstić information content (AvgIpc) is 2.91. The van der Waals surface area contributed by atoms with E-state index in [1.165, 1.54) is 4.88 Å². The highest BCUT2D eigenvalue weighted by Crippen LogP contribution is 2.27. The number of guanidine groups is 1. The Bertz CT molecular complexity index is 450. The molecule has 2 heterocycles. The topological polar surface area (TPSA) is 45.7 Å². The first-order chi connectivity index (χ1) is 9.45. The molecule has 112 valence electrons. The standard InChI is InChI=1S/C15H25N3OS/c1-14(2,12-6-5-7-20-12)8-17-13(16-4)18-9-15(3)10-19-11-15/h5-7H,8-11H2,1-4H3,(H2,16,17,18). The van der Waals surface area contributed by atoms with E-state index in [-0.39, 0.29) is 10.8 Å². The lowest BCUT2D eigenvalue weighted by atomic mass is 9.89. The minimum atomic E-state index is 0.106. The van der Waals surface area contributed by atoms with E-state index in [1.807, 2.05) is 7.05 Å². The summed E-state index contributed by atoms with van der Waals surface area (Å²) in [5.74, 6) is 0.864. The first-order valence-corrected chi connectivity index (χ1v) is 7.89. The van der Waals surface area contributed by atoms with Gasteiger partial charge in [0, 0.05) is 35.8 Å². The van der Waals surface area contributed by atoms with Crippen molar-refractivity contribution in [2.45, 2.75) is 26.2 Å². The molecule has 1 aliphatic heterocycles. The monoisotopic (exact) mass is 295 g/mol. The molecule has 1 aromatic heterocycles. The molecule has 1 aliphatic rings. The van der Waals surface area contributed by atoms with Crippen LogP contribution in [0, 0.1) is 5.41 Å². The molecule has 5 heteroatoms. The molecule has 20 heavy (non-hydrogen) atoms. The van der Waals surface area contributed by atoms with E-state index in [4.69, 9.17) is 4.74 Å². The predicted octanol–water partition coefficient (Wildman–Crippen LogP) is 2.23. The van der Waals surface area contributed by atoms with Gasteiger partial charge in [-0.1, -0.05) is 26.8 Å². The van der Waals surface area contributed by atoms with Crippen LogP contribution >= 0.6 is 11.3 Å². The molecule has 2 N–H and O–H groups in total. The van der Waals surface area contributed by atoms with E-state index in [9.17, 15) is 0 Å². The smallest absolute Gasteiger partial charge is 0.191 e. The van der Waals surface area contributed by atoms with Crippen LogP contribution in [-0.2, 0) is 10.2 Å². The summed E-state index contributed by atoms with van der Waals surface area (Å²) < 4.78 is 5.27. The summed E-state index contributed by atoms with van der Waals surface area (Å²) in [7, 11) is 1.81. The van der Waals surface area contributed by atoms with Crippen LogP contribution in [0.3, 0.4) is 0 Å². The highest BCUT2D eigenvalue weighted by atomic mass is 32.1. The average molecular weight is 295 g/mol. The van der Waals surface area contributed by atoms with Gasteiger partial charge in [-0.15, -0.1) is 11.3 Å². The summed E-state index contributed by atoms with van der Waals surface area (Å²) in [6, 6.07) is 4.29. The fourth-order valence-corrected chi connectivity index (χ4v) is 2.98. The molecule has 0 atom stereocenters. The van der Waals surface area contributed by atoms with E-state index in [2.05, 4.69) is 53.9 Å². The molecule has 0 radical (unpaired) electrons. The van der Waals surface area contributed by atoms with E-state index in [0.29, 0.717) is 0 Å². The molecule has 1 saturated heterocycles. The SMILES string of the molecule is CN=C(NCC1(C)COC1)NCC(C)(C)c1cccs1. The fourth-order valence-electron chi connectivity index (χ4n) is 2.13. The minimum Gasteiger partial charge on any atom is -0.380 e. The molecule has 0 bridgehead atoms. The van der Waals surface area contributed by atoms with Gasteiger partial charge in [0.25, 0.3) is 0 Å². The van der Waals surface area contributed by atoms with Crippen LogP contribution < -0.4 is 10.6 Å². The Hall–Kier alpha value is -1.07. The van der Waals surface area contributed by atoms with Gasteiger partial charge in [-0.2, -0.15) is 0 Å². The van der Waals surface area contributed by atoms with E-state index >= 15 is 0 Å². The van der Waals surface area contributed by atoms with Crippen molar-refractivity contribution in [3.63, 3.8) is 0 Å². The van der Waals surface area contributed by atoms with Crippen LogP contribution in [0.25, 0.3) is 0 Å². The Morgan fingerprint density at radius 2 is 2.20 bits per heavy atom. The number of nitrogens with one attached hydrogen (secondary N) is 2. The van der Waals surface area contributed by atoms with Crippen LogP contribution in [0.1, 0.15) is 25.6 Å². The molecular formula is C15H25N3OS. The lowest BCUT2D eigenvalue weighted by Crippen LogP contribution is -2.52. The third-order valence-corrected chi connectivity index (χ3v) is 4.93. The van der Waals surface area contributed by atoms with Crippen molar-refractivity contribution in [1.29, 1.82) is 0 Å². The van der Waals surface area contributed by atoms with Gasteiger partial charge in [0.15, 0.2) is 5.96 Å². The predicted molar refractivity (Wildman–Crippen MR) is 85.6 cm³/mol. The number of hydrogen-bond donors (Lipinski definition) is 2. The molecule has 0 spiro atoms. The highest BCUT2D eigenvalue weighted by Gasteiger charge is 2.33. The molecular weight excluding hydrogens is 270 g/mol. The van der Waals surface area contributed by atoms with Crippen LogP contribution in [0.5, 0.6) is 0 Å². The molecule has 2 rings (SSSR count). The molecule has 4 nitrogen and oxygen atoms in total. The first-order valence-electron chi connectivity index (χ1n) is 7.01. The van der Waals surface area contributed by atoms with Gasteiger partial charge < -0.3 is 15.4 Å². The second-order valence-electron chi connectivity index (χ2n) is 6.44. The highest BCUT2D eigenvalue weighted by molar-refractivity contribution is 7.10. The Morgan fingerprint density at radius 1 is 1.45 bits per heavy atom. The molecule has 1 aromatic rings. The Labute approximate surface area is 125 Å². The zero-order chi connectivity index (χ0) is 14.6. The number of ether oxygens (including phenoxy) is 1. The molecule has 0 saturated carbocycles. The van der Waals surface area contributed by atoms with Crippen molar-refractivity contribution in [1.82, 2.24) is 10.6 Å². The molecule has 0 unspecified atom stereocenters.